The monoisotopic (exact) mass is 245 g/mol. The molecule has 5 nitrogen and oxygen atoms in total. The molecule has 0 spiro atoms. The molecule has 18 heavy (non-hydrogen) atoms. The molecule has 96 valence electrons. The molecule has 2 aromatic rings. The number of aryl methyl sites for hydroxylation is 1. The second kappa shape index (κ2) is 5.62. The molecule has 2 rings (SSSR count). The Morgan fingerprint density at radius 1 is 1.39 bits per heavy atom. The van der Waals surface area contributed by atoms with Crippen molar-refractivity contribution in [3.05, 3.63) is 23.8 Å². The van der Waals surface area contributed by atoms with Crippen molar-refractivity contribution < 1.29 is 0 Å². The van der Waals surface area contributed by atoms with Gasteiger partial charge in [-0.3, -0.25) is 0 Å². The van der Waals surface area contributed by atoms with Crippen molar-refractivity contribution in [3.63, 3.8) is 0 Å². The largest absolute Gasteiger partial charge is 0.365 e. The zero-order valence-corrected chi connectivity index (χ0v) is 11.1. The van der Waals surface area contributed by atoms with Crippen LogP contribution in [0.5, 0.6) is 0 Å². The lowest BCUT2D eigenvalue weighted by Gasteiger charge is -2.06. The first kappa shape index (κ1) is 12.5. The number of hydrogen-bond acceptors (Lipinski definition) is 4. The van der Waals surface area contributed by atoms with Gasteiger partial charge in [-0.2, -0.15) is 0 Å². The van der Waals surface area contributed by atoms with E-state index < -0.39 is 0 Å². The maximum atomic E-state index is 4.54. The van der Waals surface area contributed by atoms with Gasteiger partial charge in [0.1, 0.15) is 11.3 Å². The third kappa shape index (κ3) is 2.85. The first-order valence-electron chi connectivity index (χ1n) is 6.28. The summed E-state index contributed by atoms with van der Waals surface area (Å²) in [5, 5.41) is 3.31. The summed E-state index contributed by atoms with van der Waals surface area (Å²) in [5.74, 6) is 1.68. The lowest BCUT2D eigenvalue weighted by Crippen LogP contribution is -2.05. The number of anilines is 1. The van der Waals surface area contributed by atoms with Crippen LogP contribution in [0.3, 0.4) is 0 Å². The van der Waals surface area contributed by atoms with Crippen molar-refractivity contribution in [3.8, 4) is 0 Å². The van der Waals surface area contributed by atoms with Crippen LogP contribution in [0.15, 0.2) is 18.0 Å². The lowest BCUT2D eigenvalue weighted by atomic mass is 10.3. The minimum Gasteiger partial charge on any atom is -0.365 e. The highest BCUT2D eigenvalue weighted by atomic mass is 15.1. The van der Waals surface area contributed by atoms with Crippen molar-refractivity contribution in [2.24, 2.45) is 0 Å². The number of rotatable bonds is 5. The summed E-state index contributed by atoms with van der Waals surface area (Å²) in [6, 6.07) is 0. The Kier molecular flexibility index (Phi) is 3.92. The van der Waals surface area contributed by atoms with Crippen LogP contribution in [0, 0.1) is 0 Å². The first-order chi connectivity index (χ1) is 8.70. The molecule has 2 heterocycles. The number of hydrogen-bond donors (Lipinski definition) is 2. The Hall–Kier alpha value is -1.91. The fourth-order valence-electron chi connectivity index (χ4n) is 1.69. The van der Waals surface area contributed by atoms with Crippen LogP contribution in [0.4, 0.5) is 5.82 Å². The van der Waals surface area contributed by atoms with Gasteiger partial charge in [0.15, 0.2) is 11.5 Å². The van der Waals surface area contributed by atoms with Crippen molar-refractivity contribution in [2.45, 2.75) is 33.6 Å². The molecule has 0 fully saturated rings. The molecular weight excluding hydrogens is 226 g/mol. The number of H-pyrrole nitrogens is 1. The second-order valence-corrected chi connectivity index (χ2v) is 4.50. The van der Waals surface area contributed by atoms with Crippen molar-refractivity contribution >= 4 is 17.0 Å². The topological polar surface area (TPSA) is 66.5 Å². The second-order valence-electron chi connectivity index (χ2n) is 4.50. The Morgan fingerprint density at radius 2 is 2.22 bits per heavy atom. The number of allylic oxidation sites excluding steroid dienone is 1. The molecule has 0 saturated heterocycles. The fourth-order valence-corrected chi connectivity index (χ4v) is 1.69. The molecule has 0 saturated carbocycles. The SMILES string of the molecule is CCCc1nc(NCC=C(C)C)c2[nH]cnc2n1. The van der Waals surface area contributed by atoms with Gasteiger partial charge in [-0.25, -0.2) is 15.0 Å². The van der Waals surface area contributed by atoms with E-state index in [4.69, 9.17) is 0 Å². The van der Waals surface area contributed by atoms with Crippen molar-refractivity contribution in [1.82, 2.24) is 19.9 Å². The Bertz CT molecular complexity index is 552. The van der Waals surface area contributed by atoms with E-state index in [1.165, 1.54) is 5.57 Å². The maximum Gasteiger partial charge on any atom is 0.183 e. The molecule has 2 aromatic heterocycles. The summed E-state index contributed by atoms with van der Waals surface area (Å²) >= 11 is 0. The molecule has 0 aliphatic rings. The third-order valence-electron chi connectivity index (χ3n) is 2.59. The van der Waals surface area contributed by atoms with E-state index in [9.17, 15) is 0 Å². The molecule has 0 unspecified atom stereocenters. The molecular formula is C13H19N5. The van der Waals surface area contributed by atoms with E-state index in [1.54, 1.807) is 6.33 Å². The fraction of sp³-hybridized carbons (Fsp3) is 0.462. The number of aromatic amines is 1. The van der Waals surface area contributed by atoms with Gasteiger partial charge in [-0.1, -0.05) is 18.6 Å². The van der Waals surface area contributed by atoms with E-state index in [-0.39, 0.29) is 0 Å². The maximum absolute atomic E-state index is 4.54. The van der Waals surface area contributed by atoms with Crippen LogP contribution in [0.25, 0.3) is 11.2 Å². The van der Waals surface area contributed by atoms with E-state index in [1.807, 2.05) is 0 Å². The summed E-state index contributed by atoms with van der Waals surface area (Å²) in [4.78, 5) is 16.2. The summed E-state index contributed by atoms with van der Waals surface area (Å²) in [6.07, 6.45) is 5.69. The molecule has 0 amide bonds. The average molecular weight is 245 g/mol. The minimum absolute atomic E-state index is 0.730. The van der Waals surface area contributed by atoms with Crippen LogP contribution < -0.4 is 5.32 Å². The zero-order valence-electron chi connectivity index (χ0n) is 11.1. The predicted octanol–water partition coefficient (Wildman–Crippen LogP) is 2.68. The van der Waals surface area contributed by atoms with Gasteiger partial charge in [-0.15, -0.1) is 0 Å². The molecule has 0 aromatic carbocycles. The molecule has 5 heteroatoms. The van der Waals surface area contributed by atoms with Crippen LogP contribution in [0.1, 0.15) is 33.0 Å². The van der Waals surface area contributed by atoms with E-state index in [0.29, 0.717) is 0 Å². The number of nitrogens with zero attached hydrogens (tertiary/aromatic N) is 3. The minimum atomic E-state index is 0.730. The average Bonchev–Trinajstić information content (AvgIpc) is 2.77. The molecule has 0 atom stereocenters. The molecule has 0 aliphatic carbocycles. The summed E-state index contributed by atoms with van der Waals surface area (Å²) in [7, 11) is 0. The first-order valence-corrected chi connectivity index (χ1v) is 6.28. The number of aromatic nitrogens is 4. The van der Waals surface area contributed by atoms with Gasteiger partial charge >= 0.3 is 0 Å². The standard InChI is InChI=1S/C13H19N5/c1-4-5-10-17-12(14-7-6-9(2)3)11-13(18-10)16-8-15-11/h6,8H,4-5,7H2,1-3H3,(H2,14,15,16,17,18). The van der Waals surface area contributed by atoms with Gasteiger partial charge in [0.25, 0.3) is 0 Å². The predicted molar refractivity (Wildman–Crippen MR) is 73.6 cm³/mol. The summed E-state index contributed by atoms with van der Waals surface area (Å²) in [6.45, 7) is 7.04. The third-order valence-corrected chi connectivity index (χ3v) is 2.59. The lowest BCUT2D eigenvalue weighted by molar-refractivity contribution is 0.843. The zero-order chi connectivity index (χ0) is 13.0. The highest BCUT2D eigenvalue weighted by Gasteiger charge is 2.08. The van der Waals surface area contributed by atoms with Gasteiger partial charge in [0, 0.05) is 13.0 Å². The van der Waals surface area contributed by atoms with Gasteiger partial charge < -0.3 is 10.3 Å². The van der Waals surface area contributed by atoms with Gasteiger partial charge in [-0.05, 0) is 20.3 Å². The van der Waals surface area contributed by atoms with Crippen LogP contribution in [0.2, 0.25) is 0 Å². The molecule has 0 radical (unpaired) electrons. The van der Waals surface area contributed by atoms with E-state index >= 15 is 0 Å². The van der Waals surface area contributed by atoms with E-state index in [2.05, 4.69) is 52.1 Å². The Balaban J connectivity index is 2.28. The quantitative estimate of drug-likeness (QED) is 0.795. The molecule has 2 N–H and O–H groups in total. The van der Waals surface area contributed by atoms with Crippen LogP contribution in [-0.2, 0) is 6.42 Å². The Labute approximate surface area is 107 Å². The number of nitrogens with one attached hydrogen (secondary N) is 2. The highest BCUT2D eigenvalue weighted by molar-refractivity contribution is 5.82. The number of imidazole rings is 1. The van der Waals surface area contributed by atoms with Gasteiger partial charge in [0.2, 0.25) is 0 Å². The summed E-state index contributed by atoms with van der Waals surface area (Å²) < 4.78 is 0. The summed E-state index contributed by atoms with van der Waals surface area (Å²) in [5.41, 5.74) is 2.89. The Morgan fingerprint density at radius 3 is 2.94 bits per heavy atom. The smallest absolute Gasteiger partial charge is 0.183 e. The molecule has 0 aliphatic heterocycles. The van der Waals surface area contributed by atoms with Crippen LogP contribution >= 0.6 is 0 Å². The normalized spacial score (nSPS) is 10.6. The molecule has 0 bridgehead atoms. The number of fused-ring (bicyclic) bond motifs is 1. The van der Waals surface area contributed by atoms with E-state index in [0.717, 1.165) is 42.2 Å². The van der Waals surface area contributed by atoms with Crippen molar-refractivity contribution in [2.75, 3.05) is 11.9 Å². The van der Waals surface area contributed by atoms with Crippen molar-refractivity contribution in [1.29, 1.82) is 0 Å². The van der Waals surface area contributed by atoms with Crippen LogP contribution in [-0.4, -0.2) is 26.5 Å². The highest BCUT2D eigenvalue weighted by Crippen LogP contribution is 2.16. The van der Waals surface area contributed by atoms with Gasteiger partial charge in [0.05, 0.1) is 6.33 Å².